The second kappa shape index (κ2) is 8.55. The van der Waals surface area contributed by atoms with Gasteiger partial charge in [0.15, 0.2) is 0 Å². The van der Waals surface area contributed by atoms with E-state index in [2.05, 4.69) is 10.2 Å². The van der Waals surface area contributed by atoms with Gasteiger partial charge in [0.2, 0.25) is 0 Å². The topological polar surface area (TPSA) is 78.4 Å². The number of carbonyl (C=O) groups is 2. The minimum Gasteiger partial charge on any atom is -0.462 e. The smallest absolute Gasteiger partial charge is 0.338 e. The van der Waals surface area contributed by atoms with E-state index in [-0.39, 0.29) is 11.9 Å². The van der Waals surface area contributed by atoms with E-state index in [1.165, 1.54) is 11.3 Å². The van der Waals surface area contributed by atoms with Gasteiger partial charge in [0.1, 0.15) is 10.0 Å². The van der Waals surface area contributed by atoms with Crippen molar-refractivity contribution in [3.05, 3.63) is 59.7 Å². The molecule has 7 heteroatoms. The number of rotatable bonds is 6. The van der Waals surface area contributed by atoms with Crippen LogP contribution < -0.4 is 0 Å². The van der Waals surface area contributed by atoms with Gasteiger partial charge in [-0.05, 0) is 38.1 Å². The van der Waals surface area contributed by atoms with Gasteiger partial charge in [-0.1, -0.05) is 35.6 Å². The molecule has 0 aliphatic rings. The number of carbonyl (C=O) groups excluding carboxylic acids is 2. The number of hydrogen-bond donors (Lipinski definition) is 0. The first-order chi connectivity index (χ1) is 13.1. The summed E-state index contributed by atoms with van der Waals surface area (Å²) < 4.78 is 10.0. The standard InChI is InChI=1S/C20H18N2O4S/c1-3-25-19(23)14-10-8-13(9-11-14)17-21-22-18(27-17)15-6-5-7-16(12-15)20(24)26-4-2/h5-12H,3-4H2,1-2H3. The van der Waals surface area contributed by atoms with Crippen LogP contribution in [0.3, 0.4) is 0 Å². The van der Waals surface area contributed by atoms with E-state index < -0.39 is 0 Å². The molecule has 6 nitrogen and oxygen atoms in total. The number of esters is 2. The molecule has 0 saturated heterocycles. The predicted octanol–water partition coefficient (Wildman–Crippen LogP) is 4.23. The average molecular weight is 382 g/mol. The van der Waals surface area contributed by atoms with Crippen molar-refractivity contribution in [2.75, 3.05) is 13.2 Å². The monoisotopic (exact) mass is 382 g/mol. The van der Waals surface area contributed by atoms with Crippen LogP contribution in [0.5, 0.6) is 0 Å². The van der Waals surface area contributed by atoms with Gasteiger partial charge in [0, 0.05) is 11.1 Å². The first-order valence-electron chi connectivity index (χ1n) is 8.51. The van der Waals surface area contributed by atoms with Crippen molar-refractivity contribution >= 4 is 23.3 Å². The van der Waals surface area contributed by atoms with Crippen molar-refractivity contribution in [2.24, 2.45) is 0 Å². The summed E-state index contributed by atoms with van der Waals surface area (Å²) in [6.45, 7) is 4.21. The van der Waals surface area contributed by atoms with Gasteiger partial charge in [0.05, 0.1) is 24.3 Å². The molecule has 2 aromatic carbocycles. The number of benzene rings is 2. The fourth-order valence-corrected chi connectivity index (χ4v) is 3.26. The highest BCUT2D eigenvalue weighted by Gasteiger charge is 2.13. The zero-order valence-electron chi connectivity index (χ0n) is 15.0. The SMILES string of the molecule is CCOC(=O)c1ccc(-c2nnc(-c3cccc(C(=O)OCC)c3)s2)cc1. The van der Waals surface area contributed by atoms with E-state index >= 15 is 0 Å². The summed E-state index contributed by atoms with van der Waals surface area (Å²) in [5.74, 6) is -0.712. The predicted molar refractivity (Wildman–Crippen MR) is 103 cm³/mol. The molecule has 1 aromatic heterocycles. The lowest BCUT2D eigenvalue weighted by molar-refractivity contribution is 0.0517. The number of aromatic nitrogens is 2. The summed E-state index contributed by atoms with van der Waals surface area (Å²) in [5.41, 5.74) is 2.62. The average Bonchev–Trinajstić information content (AvgIpc) is 3.19. The Labute approximate surface area is 160 Å². The van der Waals surface area contributed by atoms with E-state index in [1.54, 1.807) is 44.2 Å². The number of nitrogens with zero attached hydrogens (tertiary/aromatic N) is 2. The molecule has 0 N–H and O–H groups in total. The van der Waals surface area contributed by atoms with Crippen molar-refractivity contribution in [3.8, 4) is 21.1 Å². The quantitative estimate of drug-likeness (QED) is 0.594. The van der Waals surface area contributed by atoms with Crippen LogP contribution in [0.15, 0.2) is 48.5 Å². The second-order valence-electron chi connectivity index (χ2n) is 5.51. The molecule has 3 aromatic rings. The fraction of sp³-hybridized carbons (Fsp3) is 0.200. The summed E-state index contributed by atoms with van der Waals surface area (Å²) in [6.07, 6.45) is 0. The molecular weight excluding hydrogens is 364 g/mol. The highest BCUT2D eigenvalue weighted by Crippen LogP contribution is 2.30. The lowest BCUT2D eigenvalue weighted by Gasteiger charge is -2.03. The zero-order valence-corrected chi connectivity index (χ0v) is 15.8. The molecular formula is C20H18N2O4S. The molecule has 0 aliphatic heterocycles. The van der Waals surface area contributed by atoms with Crippen molar-refractivity contribution in [3.63, 3.8) is 0 Å². The molecule has 0 bridgehead atoms. The normalized spacial score (nSPS) is 10.4. The fourth-order valence-electron chi connectivity index (χ4n) is 2.41. The third-order valence-electron chi connectivity index (χ3n) is 3.69. The van der Waals surface area contributed by atoms with Crippen LogP contribution in [0.4, 0.5) is 0 Å². The van der Waals surface area contributed by atoms with Crippen molar-refractivity contribution in [1.29, 1.82) is 0 Å². The molecule has 1 heterocycles. The minimum absolute atomic E-state index is 0.327. The van der Waals surface area contributed by atoms with Crippen LogP contribution in [-0.2, 0) is 9.47 Å². The van der Waals surface area contributed by atoms with Crippen molar-refractivity contribution in [2.45, 2.75) is 13.8 Å². The Hall–Kier alpha value is -3.06. The van der Waals surface area contributed by atoms with Gasteiger partial charge >= 0.3 is 11.9 Å². The van der Waals surface area contributed by atoms with Gasteiger partial charge in [-0.2, -0.15) is 0 Å². The Morgan fingerprint density at radius 3 is 2.04 bits per heavy atom. The molecule has 0 aliphatic carbocycles. The van der Waals surface area contributed by atoms with Gasteiger partial charge < -0.3 is 9.47 Å². The molecule has 27 heavy (non-hydrogen) atoms. The molecule has 138 valence electrons. The maximum Gasteiger partial charge on any atom is 0.338 e. The van der Waals surface area contributed by atoms with Crippen LogP contribution >= 0.6 is 11.3 Å². The number of hydrogen-bond acceptors (Lipinski definition) is 7. The molecule has 0 unspecified atom stereocenters. The highest BCUT2D eigenvalue weighted by molar-refractivity contribution is 7.17. The number of ether oxygens (including phenoxy) is 2. The lowest BCUT2D eigenvalue weighted by Crippen LogP contribution is -2.04. The van der Waals surface area contributed by atoms with Crippen LogP contribution in [-0.4, -0.2) is 35.3 Å². The second-order valence-corrected chi connectivity index (χ2v) is 6.49. The molecule has 3 rings (SSSR count). The Balaban J connectivity index is 1.82. The molecule has 0 amide bonds. The van der Waals surface area contributed by atoms with Gasteiger partial charge in [0.25, 0.3) is 0 Å². The van der Waals surface area contributed by atoms with E-state index in [9.17, 15) is 9.59 Å². The molecule has 0 radical (unpaired) electrons. The largest absolute Gasteiger partial charge is 0.462 e. The molecule has 0 fully saturated rings. The summed E-state index contributed by atoms with van der Waals surface area (Å²) >= 11 is 1.41. The Kier molecular flexibility index (Phi) is 5.93. The first kappa shape index (κ1) is 18.7. The van der Waals surface area contributed by atoms with Crippen LogP contribution in [0, 0.1) is 0 Å². The van der Waals surface area contributed by atoms with E-state index in [4.69, 9.17) is 9.47 Å². The van der Waals surface area contributed by atoms with Gasteiger partial charge in [-0.15, -0.1) is 10.2 Å². The Morgan fingerprint density at radius 2 is 1.41 bits per heavy atom. The lowest BCUT2D eigenvalue weighted by atomic mass is 10.1. The maximum atomic E-state index is 11.9. The van der Waals surface area contributed by atoms with Crippen molar-refractivity contribution in [1.82, 2.24) is 10.2 Å². The van der Waals surface area contributed by atoms with E-state index in [1.807, 2.05) is 18.2 Å². The zero-order chi connectivity index (χ0) is 19.2. The molecule has 0 spiro atoms. The maximum absolute atomic E-state index is 11.9. The summed E-state index contributed by atoms with van der Waals surface area (Å²) in [7, 11) is 0. The summed E-state index contributed by atoms with van der Waals surface area (Å²) in [6, 6.07) is 14.1. The molecule has 0 atom stereocenters. The third kappa shape index (κ3) is 4.38. The summed E-state index contributed by atoms with van der Waals surface area (Å²) in [5, 5.41) is 9.87. The van der Waals surface area contributed by atoms with Crippen LogP contribution in [0.1, 0.15) is 34.6 Å². The van der Waals surface area contributed by atoms with Crippen molar-refractivity contribution < 1.29 is 19.1 Å². The first-order valence-corrected chi connectivity index (χ1v) is 9.32. The van der Waals surface area contributed by atoms with Crippen LogP contribution in [0.2, 0.25) is 0 Å². The highest BCUT2D eigenvalue weighted by atomic mass is 32.1. The summed E-state index contributed by atoms with van der Waals surface area (Å²) in [4.78, 5) is 23.6. The van der Waals surface area contributed by atoms with E-state index in [0.717, 1.165) is 16.1 Å². The van der Waals surface area contributed by atoms with E-state index in [0.29, 0.717) is 29.3 Å². The van der Waals surface area contributed by atoms with Crippen LogP contribution in [0.25, 0.3) is 21.1 Å². The Bertz CT molecular complexity index is 951. The van der Waals surface area contributed by atoms with Gasteiger partial charge in [-0.25, -0.2) is 9.59 Å². The Morgan fingerprint density at radius 1 is 0.815 bits per heavy atom. The molecule has 0 saturated carbocycles. The van der Waals surface area contributed by atoms with Gasteiger partial charge in [-0.3, -0.25) is 0 Å². The third-order valence-corrected chi connectivity index (χ3v) is 4.71. The minimum atomic E-state index is -0.362.